The maximum absolute atomic E-state index is 15.1. The minimum Gasteiger partial charge on any atom is -0.497 e. The van der Waals surface area contributed by atoms with E-state index in [1.54, 1.807) is 0 Å². The lowest BCUT2D eigenvalue weighted by atomic mass is 9.87. The SMILES string of the molecule is COc1cc(F)c([C@@H]2CN(c3cncn(CC(F)F)c3=O)C(=O)C2CNC(=O)c2ccc(Cl)cc2)c(F)c1. The number of alkyl halides is 2. The zero-order valence-corrected chi connectivity index (χ0v) is 20.6. The minimum absolute atomic E-state index is 0.0836. The fraction of sp³-hybridized carbons (Fsp3) is 0.280. The first-order chi connectivity index (χ1) is 18.1. The van der Waals surface area contributed by atoms with Gasteiger partial charge in [-0.25, -0.2) is 22.5 Å². The predicted octanol–water partition coefficient (Wildman–Crippen LogP) is 3.63. The number of hydrogen-bond acceptors (Lipinski definition) is 5. The van der Waals surface area contributed by atoms with Gasteiger partial charge in [0.1, 0.15) is 23.1 Å². The van der Waals surface area contributed by atoms with Gasteiger partial charge in [0.25, 0.3) is 17.9 Å². The third kappa shape index (κ3) is 5.49. The third-order valence-corrected chi connectivity index (χ3v) is 6.46. The fourth-order valence-corrected chi connectivity index (χ4v) is 4.49. The van der Waals surface area contributed by atoms with E-state index in [0.29, 0.717) is 9.59 Å². The molecule has 1 saturated heterocycles. The third-order valence-electron chi connectivity index (χ3n) is 6.20. The fourth-order valence-electron chi connectivity index (χ4n) is 4.37. The number of aromatic nitrogens is 2. The van der Waals surface area contributed by atoms with Crippen molar-refractivity contribution < 1.29 is 31.9 Å². The Hall–Kier alpha value is -3.93. The summed E-state index contributed by atoms with van der Waals surface area (Å²) in [6.45, 7) is -1.65. The molecule has 38 heavy (non-hydrogen) atoms. The molecule has 0 saturated carbocycles. The van der Waals surface area contributed by atoms with Crippen LogP contribution in [-0.4, -0.2) is 48.0 Å². The van der Waals surface area contributed by atoms with Crippen molar-refractivity contribution >= 4 is 29.1 Å². The summed E-state index contributed by atoms with van der Waals surface area (Å²) in [4.78, 5) is 43.7. The molecule has 2 atom stereocenters. The number of amides is 2. The Morgan fingerprint density at radius 2 is 1.84 bits per heavy atom. The number of carbonyl (C=O) groups excluding carboxylic acids is 2. The molecule has 0 bridgehead atoms. The van der Waals surface area contributed by atoms with Gasteiger partial charge in [-0.2, -0.15) is 0 Å². The van der Waals surface area contributed by atoms with Crippen molar-refractivity contribution in [3.05, 3.63) is 87.1 Å². The van der Waals surface area contributed by atoms with Crippen LogP contribution in [-0.2, 0) is 11.3 Å². The van der Waals surface area contributed by atoms with Crippen LogP contribution in [0.15, 0.2) is 53.7 Å². The summed E-state index contributed by atoms with van der Waals surface area (Å²) in [5.74, 6) is -5.72. The van der Waals surface area contributed by atoms with Crippen LogP contribution >= 0.6 is 11.6 Å². The molecule has 4 rings (SSSR count). The molecule has 1 aliphatic heterocycles. The average molecular weight is 553 g/mol. The summed E-state index contributed by atoms with van der Waals surface area (Å²) in [7, 11) is 1.23. The Bertz CT molecular complexity index is 1390. The van der Waals surface area contributed by atoms with Crippen LogP contribution in [0.4, 0.5) is 23.2 Å². The van der Waals surface area contributed by atoms with Crippen LogP contribution < -0.4 is 20.5 Å². The summed E-state index contributed by atoms with van der Waals surface area (Å²) in [6.07, 6.45) is -0.928. The second kappa shape index (κ2) is 11.2. The molecule has 2 heterocycles. The lowest BCUT2D eigenvalue weighted by Gasteiger charge is -2.19. The van der Waals surface area contributed by atoms with Crippen LogP contribution in [0, 0.1) is 17.6 Å². The number of rotatable bonds is 8. The normalized spacial score (nSPS) is 17.2. The Balaban J connectivity index is 1.70. The highest BCUT2D eigenvalue weighted by atomic mass is 35.5. The van der Waals surface area contributed by atoms with Crippen LogP contribution in [0.25, 0.3) is 0 Å². The number of halogens is 5. The molecule has 0 aliphatic carbocycles. The van der Waals surface area contributed by atoms with Gasteiger partial charge in [0.05, 0.1) is 32.1 Å². The first-order valence-corrected chi connectivity index (χ1v) is 11.7. The van der Waals surface area contributed by atoms with E-state index < -0.39 is 59.4 Å². The van der Waals surface area contributed by atoms with E-state index in [-0.39, 0.29) is 30.1 Å². The number of nitrogens with one attached hydrogen (secondary N) is 1. The van der Waals surface area contributed by atoms with Crippen LogP contribution in [0.5, 0.6) is 5.75 Å². The quantitative estimate of drug-likeness (QED) is 0.431. The molecule has 1 fully saturated rings. The van der Waals surface area contributed by atoms with Gasteiger partial charge < -0.3 is 15.0 Å². The van der Waals surface area contributed by atoms with Crippen molar-refractivity contribution in [2.24, 2.45) is 5.92 Å². The summed E-state index contributed by atoms with van der Waals surface area (Å²) in [5, 5.41) is 2.98. The smallest absolute Gasteiger partial charge is 0.277 e. The first-order valence-electron chi connectivity index (χ1n) is 11.3. The lowest BCUT2D eigenvalue weighted by Crippen LogP contribution is -2.38. The number of hydrogen-bond donors (Lipinski definition) is 1. The molecule has 13 heteroatoms. The van der Waals surface area contributed by atoms with Crippen LogP contribution in [0.2, 0.25) is 5.02 Å². The maximum Gasteiger partial charge on any atom is 0.277 e. The lowest BCUT2D eigenvalue weighted by molar-refractivity contribution is -0.120. The number of carbonyl (C=O) groups is 2. The van der Waals surface area contributed by atoms with Gasteiger partial charge in [-0.15, -0.1) is 0 Å². The molecule has 1 aromatic heterocycles. The van der Waals surface area contributed by atoms with Crippen molar-refractivity contribution in [3.63, 3.8) is 0 Å². The highest BCUT2D eigenvalue weighted by molar-refractivity contribution is 6.30. The number of nitrogens with zero attached hydrogens (tertiary/aromatic N) is 3. The first kappa shape index (κ1) is 27.1. The molecule has 2 aromatic carbocycles. The summed E-state index contributed by atoms with van der Waals surface area (Å²) < 4.78 is 61.5. The molecule has 200 valence electrons. The largest absolute Gasteiger partial charge is 0.497 e. The van der Waals surface area contributed by atoms with Gasteiger partial charge in [-0.1, -0.05) is 11.6 Å². The Kier molecular flexibility index (Phi) is 8.00. The van der Waals surface area contributed by atoms with Crippen molar-refractivity contribution in [2.45, 2.75) is 18.9 Å². The highest BCUT2D eigenvalue weighted by Gasteiger charge is 2.45. The summed E-state index contributed by atoms with van der Waals surface area (Å²) in [5.41, 5.74) is -1.46. The molecule has 0 spiro atoms. The molecule has 3 aromatic rings. The molecule has 0 radical (unpaired) electrons. The molecular weight excluding hydrogens is 532 g/mol. The molecule has 1 aliphatic rings. The van der Waals surface area contributed by atoms with Crippen molar-refractivity contribution in [3.8, 4) is 5.75 Å². The maximum atomic E-state index is 15.1. The van der Waals surface area contributed by atoms with E-state index in [0.717, 1.165) is 29.6 Å². The van der Waals surface area contributed by atoms with Gasteiger partial charge >= 0.3 is 0 Å². The zero-order valence-electron chi connectivity index (χ0n) is 19.8. The van der Waals surface area contributed by atoms with Crippen molar-refractivity contribution in [1.29, 1.82) is 0 Å². The molecule has 1 unspecified atom stereocenters. The van der Waals surface area contributed by atoms with Crippen molar-refractivity contribution in [2.75, 3.05) is 25.1 Å². The second-order valence-electron chi connectivity index (χ2n) is 8.51. The van der Waals surface area contributed by atoms with Gasteiger partial charge in [0.15, 0.2) is 0 Å². The molecular formula is C25H21ClF4N4O4. The van der Waals surface area contributed by atoms with Gasteiger partial charge in [0.2, 0.25) is 5.91 Å². The minimum atomic E-state index is -2.86. The number of benzene rings is 2. The van der Waals surface area contributed by atoms with Gasteiger partial charge in [0, 0.05) is 47.3 Å². The highest BCUT2D eigenvalue weighted by Crippen LogP contribution is 2.38. The Morgan fingerprint density at radius 1 is 1.18 bits per heavy atom. The Labute approximate surface area is 218 Å². The molecule has 2 amide bonds. The van der Waals surface area contributed by atoms with Crippen molar-refractivity contribution in [1.82, 2.24) is 14.9 Å². The zero-order chi connectivity index (χ0) is 27.6. The standard InChI is InChI=1S/C25H21ClF4N4O4/c1-38-15-6-18(27)22(19(28)7-15)17-10-34(20-9-31-12-33(25(20)37)11-21(29)30)24(36)16(17)8-32-23(35)13-2-4-14(26)5-3-13/h2-7,9,12,16-17,21H,8,10-11H2,1H3,(H,32,35)/t16?,17-/m1/s1. The van der Waals surface area contributed by atoms with E-state index in [1.807, 2.05) is 0 Å². The molecule has 1 N–H and O–H groups in total. The van der Waals surface area contributed by atoms with E-state index in [2.05, 4.69) is 10.3 Å². The van der Waals surface area contributed by atoms with Crippen LogP contribution in [0.1, 0.15) is 21.8 Å². The average Bonchev–Trinajstić information content (AvgIpc) is 3.18. The Morgan fingerprint density at radius 3 is 2.45 bits per heavy atom. The molecule has 8 nitrogen and oxygen atoms in total. The number of methoxy groups -OCH3 is 1. The predicted molar refractivity (Wildman–Crippen MR) is 130 cm³/mol. The van der Waals surface area contributed by atoms with Gasteiger partial charge in [-0.05, 0) is 24.3 Å². The van der Waals surface area contributed by atoms with E-state index in [1.165, 1.54) is 31.4 Å². The van der Waals surface area contributed by atoms with Crippen LogP contribution in [0.3, 0.4) is 0 Å². The van der Waals surface area contributed by atoms with E-state index in [9.17, 15) is 23.2 Å². The summed E-state index contributed by atoms with van der Waals surface area (Å²) in [6, 6.07) is 7.82. The number of ether oxygens (including phenoxy) is 1. The van der Waals surface area contributed by atoms with E-state index in [4.69, 9.17) is 16.3 Å². The second-order valence-corrected chi connectivity index (χ2v) is 8.95. The number of anilines is 1. The monoisotopic (exact) mass is 552 g/mol. The summed E-state index contributed by atoms with van der Waals surface area (Å²) >= 11 is 5.84. The topological polar surface area (TPSA) is 93.5 Å². The van der Waals surface area contributed by atoms with Gasteiger partial charge in [-0.3, -0.25) is 19.0 Å². The van der Waals surface area contributed by atoms with E-state index >= 15 is 8.78 Å².